The van der Waals surface area contributed by atoms with Crippen LogP contribution < -0.4 is 10.5 Å². The Labute approximate surface area is 89.8 Å². The Morgan fingerprint density at radius 3 is 2.60 bits per heavy atom. The molecule has 0 bridgehead atoms. The summed E-state index contributed by atoms with van der Waals surface area (Å²) < 4.78 is 28.1. The largest absolute Gasteiger partial charge is 0.434 e. The van der Waals surface area contributed by atoms with Gasteiger partial charge in [-0.05, 0) is 13.0 Å². The zero-order chi connectivity index (χ0) is 11.6. The highest BCUT2D eigenvalue weighted by Crippen LogP contribution is 2.30. The molecule has 0 radical (unpaired) electrons. The number of nitrogen functional groups attached to an aromatic ring is 1. The highest BCUT2D eigenvalue weighted by molar-refractivity contribution is 6.33. The van der Waals surface area contributed by atoms with E-state index in [0.717, 1.165) is 6.07 Å². The molecule has 0 unspecified atom stereocenters. The zero-order valence-corrected chi connectivity index (χ0v) is 8.52. The number of nitrogens with two attached hydrogens (primary N) is 1. The first-order valence-corrected chi connectivity index (χ1v) is 4.34. The van der Waals surface area contributed by atoms with E-state index >= 15 is 0 Å². The van der Waals surface area contributed by atoms with E-state index in [1.165, 1.54) is 13.0 Å². The van der Waals surface area contributed by atoms with Crippen molar-refractivity contribution in [2.24, 2.45) is 0 Å². The normalized spacial score (nSPS) is 10.5. The van der Waals surface area contributed by atoms with Crippen LogP contribution in [0.15, 0.2) is 12.1 Å². The summed E-state index contributed by atoms with van der Waals surface area (Å²) in [5.74, 6) is -0.688. The van der Waals surface area contributed by atoms with Crippen molar-refractivity contribution in [1.82, 2.24) is 0 Å². The highest BCUT2D eigenvalue weighted by Gasteiger charge is 2.15. The van der Waals surface area contributed by atoms with Crippen molar-refractivity contribution < 1.29 is 18.3 Å². The Morgan fingerprint density at radius 2 is 2.13 bits per heavy atom. The average molecular weight is 236 g/mol. The van der Waals surface area contributed by atoms with Crippen molar-refractivity contribution in [3.05, 3.63) is 22.7 Å². The lowest BCUT2D eigenvalue weighted by Gasteiger charge is -2.10. The summed E-state index contributed by atoms with van der Waals surface area (Å²) in [5.41, 5.74) is 5.46. The van der Waals surface area contributed by atoms with E-state index in [1.807, 2.05) is 0 Å². The number of rotatable bonds is 3. The fourth-order valence-corrected chi connectivity index (χ4v) is 1.20. The molecule has 1 rings (SSSR count). The number of halogens is 3. The molecule has 0 heterocycles. The highest BCUT2D eigenvalue weighted by atomic mass is 35.5. The summed E-state index contributed by atoms with van der Waals surface area (Å²) >= 11 is 5.65. The Hall–Kier alpha value is -1.36. The number of anilines is 1. The Bertz CT molecular complexity index is 396. The molecule has 3 nitrogen and oxygen atoms in total. The van der Waals surface area contributed by atoms with Crippen LogP contribution in [0.25, 0.3) is 0 Å². The molecule has 6 heteroatoms. The second-order valence-electron chi connectivity index (χ2n) is 2.80. The van der Waals surface area contributed by atoms with Gasteiger partial charge < -0.3 is 10.5 Å². The van der Waals surface area contributed by atoms with Gasteiger partial charge in [-0.2, -0.15) is 8.78 Å². The van der Waals surface area contributed by atoms with Crippen LogP contribution in [-0.4, -0.2) is 12.4 Å². The van der Waals surface area contributed by atoms with Gasteiger partial charge in [0, 0.05) is 6.07 Å². The van der Waals surface area contributed by atoms with E-state index in [1.54, 1.807) is 0 Å². The van der Waals surface area contributed by atoms with Gasteiger partial charge in [-0.1, -0.05) is 11.6 Å². The molecule has 0 saturated heterocycles. The molecule has 0 spiro atoms. The van der Waals surface area contributed by atoms with E-state index in [0.29, 0.717) is 0 Å². The number of carbonyl (C=O) groups is 1. The van der Waals surface area contributed by atoms with E-state index in [9.17, 15) is 13.6 Å². The van der Waals surface area contributed by atoms with Crippen molar-refractivity contribution >= 4 is 23.1 Å². The topological polar surface area (TPSA) is 52.3 Å². The number of ketones is 1. The van der Waals surface area contributed by atoms with Gasteiger partial charge in [0.2, 0.25) is 0 Å². The van der Waals surface area contributed by atoms with Crippen molar-refractivity contribution in [3.8, 4) is 5.75 Å². The molecule has 0 aliphatic heterocycles. The van der Waals surface area contributed by atoms with Crippen LogP contribution in [0.4, 0.5) is 14.5 Å². The zero-order valence-electron chi connectivity index (χ0n) is 7.76. The third-order valence-corrected chi connectivity index (χ3v) is 2.02. The molecule has 82 valence electrons. The van der Waals surface area contributed by atoms with Crippen molar-refractivity contribution in [2.45, 2.75) is 13.5 Å². The van der Waals surface area contributed by atoms with Crippen molar-refractivity contribution in [2.75, 3.05) is 5.73 Å². The lowest BCUT2D eigenvalue weighted by molar-refractivity contribution is -0.0500. The number of benzene rings is 1. The first kappa shape index (κ1) is 11.7. The van der Waals surface area contributed by atoms with E-state index in [-0.39, 0.29) is 22.0 Å². The molecule has 0 aliphatic rings. The van der Waals surface area contributed by atoms with Crippen LogP contribution in [0.2, 0.25) is 5.02 Å². The van der Waals surface area contributed by atoms with Crippen LogP contribution in [0, 0.1) is 0 Å². The van der Waals surface area contributed by atoms with Crippen LogP contribution in [-0.2, 0) is 0 Å². The van der Waals surface area contributed by atoms with Gasteiger partial charge in [0.1, 0.15) is 5.75 Å². The summed E-state index contributed by atoms with van der Waals surface area (Å²) in [6, 6.07) is 2.31. The van der Waals surface area contributed by atoms with E-state index in [4.69, 9.17) is 17.3 Å². The molecule has 15 heavy (non-hydrogen) atoms. The van der Waals surface area contributed by atoms with Crippen LogP contribution in [0.1, 0.15) is 17.3 Å². The first-order chi connectivity index (χ1) is 6.91. The molecule has 1 aromatic carbocycles. The van der Waals surface area contributed by atoms with E-state index in [2.05, 4.69) is 4.74 Å². The fraction of sp³-hybridized carbons (Fsp3) is 0.222. The standard InChI is InChI=1S/C9H8ClF2NO2/c1-4(14)5-2-6(10)7(13)3-8(5)15-9(11)12/h2-3,9H,13H2,1H3. The fourth-order valence-electron chi connectivity index (χ4n) is 1.04. The lowest BCUT2D eigenvalue weighted by atomic mass is 10.1. The van der Waals surface area contributed by atoms with E-state index < -0.39 is 12.4 Å². The molecule has 0 aromatic heterocycles. The molecule has 0 saturated carbocycles. The minimum atomic E-state index is -3.01. The molecule has 0 amide bonds. The smallest absolute Gasteiger partial charge is 0.387 e. The van der Waals surface area contributed by atoms with Gasteiger partial charge in [-0.3, -0.25) is 4.79 Å². The van der Waals surface area contributed by atoms with Gasteiger partial charge in [-0.25, -0.2) is 0 Å². The molecular formula is C9H8ClF2NO2. The van der Waals surface area contributed by atoms with Gasteiger partial charge >= 0.3 is 6.61 Å². The lowest BCUT2D eigenvalue weighted by Crippen LogP contribution is -2.07. The predicted molar refractivity (Wildman–Crippen MR) is 52.5 cm³/mol. The van der Waals surface area contributed by atoms with Gasteiger partial charge in [-0.15, -0.1) is 0 Å². The van der Waals surface area contributed by atoms with Crippen LogP contribution in [0.3, 0.4) is 0 Å². The van der Waals surface area contributed by atoms with Crippen LogP contribution in [0.5, 0.6) is 5.75 Å². The number of ether oxygens (including phenoxy) is 1. The number of alkyl halides is 2. The van der Waals surface area contributed by atoms with Gasteiger partial charge in [0.25, 0.3) is 0 Å². The molecular weight excluding hydrogens is 228 g/mol. The van der Waals surface area contributed by atoms with Gasteiger partial charge in [0.15, 0.2) is 5.78 Å². The predicted octanol–water partition coefficient (Wildman–Crippen LogP) is 2.73. The minimum Gasteiger partial charge on any atom is -0.434 e. The summed E-state index contributed by atoms with van der Waals surface area (Å²) in [4.78, 5) is 11.1. The molecule has 0 aliphatic carbocycles. The minimum absolute atomic E-state index is 0.0190. The number of hydrogen-bond acceptors (Lipinski definition) is 3. The molecule has 2 N–H and O–H groups in total. The third-order valence-electron chi connectivity index (χ3n) is 1.69. The Morgan fingerprint density at radius 1 is 1.53 bits per heavy atom. The number of Topliss-reactive ketones (excluding diaryl/α,β-unsaturated/α-hetero) is 1. The number of carbonyl (C=O) groups excluding carboxylic acids is 1. The Kier molecular flexibility index (Phi) is 3.47. The first-order valence-electron chi connectivity index (χ1n) is 3.96. The summed E-state index contributed by atoms with van der Waals surface area (Å²) in [6.07, 6.45) is 0. The monoisotopic (exact) mass is 235 g/mol. The summed E-state index contributed by atoms with van der Waals surface area (Å²) in [6.45, 7) is -1.79. The Balaban J connectivity index is 3.22. The van der Waals surface area contributed by atoms with Crippen LogP contribution >= 0.6 is 11.6 Å². The van der Waals surface area contributed by atoms with Gasteiger partial charge in [0.05, 0.1) is 16.3 Å². The summed E-state index contributed by atoms with van der Waals surface area (Å²) in [5, 5.41) is 0.127. The number of hydrogen-bond donors (Lipinski definition) is 1. The molecule has 1 aromatic rings. The molecule has 0 atom stereocenters. The molecule has 0 fully saturated rings. The third kappa shape index (κ3) is 2.79. The SMILES string of the molecule is CC(=O)c1cc(Cl)c(N)cc1OC(F)F. The summed E-state index contributed by atoms with van der Waals surface area (Å²) in [7, 11) is 0. The van der Waals surface area contributed by atoms with Crippen molar-refractivity contribution in [1.29, 1.82) is 0 Å². The maximum Gasteiger partial charge on any atom is 0.387 e. The second kappa shape index (κ2) is 4.44. The van der Waals surface area contributed by atoms with Crippen molar-refractivity contribution in [3.63, 3.8) is 0 Å². The second-order valence-corrected chi connectivity index (χ2v) is 3.21. The average Bonchev–Trinajstić information content (AvgIpc) is 2.09. The maximum atomic E-state index is 12.0. The quantitative estimate of drug-likeness (QED) is 0.647. The maximum absolute atomic E-state index is 12.0.